The van der Waals surface area contributed by atoms with E-state index in [1.165, 1.54) is 0 Å². The van der Waals surface area contributed by atoms with Gasteiger partial charge < -0.3 is 5.73 Å². The van der Waals surface area contributed by atoms with Gasteiger partial charge in [0.1, 0.15) is 16.2 Å². The maximum Gasteiger partial charge on any atom is 0.153 e. The summed E-state index contributed by atoms with van der Waals surface area (Å²) in [6.45, 7) is 0.509. The topological polar surface area (TPSA) is 78.0 Å². The number of hydrazone groups is 1. The van der Waals surface area contributed by atoms with Crippen LogP contribution in [0.1, 0.15) is 0 Å². The van der Waals surface area contributed by atoms with E-state index in [2.05, 4.69) is 43.6 Å². The van der Waals surface area contributed by atoms with E-state index in [1.807, 2.05) is 0 Å². The van der Waals surface area contributed by atoms with Crippen molar-refractivity contribution >= 4 is 32.1 Å². The molecule has 0 radical (unpaired) electrons. The van der Waals surface area contributed by atoms with Crippen LogP contribution in [0.15, 0.2) is 10.1 Å². The minimum Gasteiger partial charge on any atom is -0.386 e. The number of halogens is 1. The molecule has 0 fully saturated rings. The molecule has 6 nitrogen and oxygen atoms in total. The van der Waals surface area contributed by atoms with E-state index in [1.54, 1.807) is 5.12 Å². The van der Waals surface area contributed by atoms with Crippen LogP contribution in [0.5, 0.6) is 0 Å². The van der Waals surface area contributed by atoms with Gasteiger partial charge in [0.25, 0.3) is 0 Å². The van der Waals surface area contributed by atoms with Crippen molar-refractivity contribution in [2.24, 2.45) is 15.8 Å². The minimum atomic E-state index is -0.0238. The lowest BCUT2D eigenvalue weighted by Crippen LogP contribution is -2.58. The summed E-state index contributed by atoms with van der Waals surface area (Å²) in [7, 11) is 0. The molecule has 2 aliphatic rings. The van der Waals surface area contributed by atoms with Gasteiger partial charge in [0.05, 0.1) is 0 Å². The molecule has 0 aromatic carbocycles. The van der Waals surface area contributed by atoms with Crippen LogP contribution in [-0.4, -0.2) is 27.4 Å². The van der Waals surface area contributed by atoms with Crippen molar-refractivity contribution in [1.82, 2.24) is 16.1 Å². The lowest BCUT2D eigenvalue weighted by atomic mass is 10.3. The van der Waals surface area contributed by atoms with E-state index in [9.17, 15) is 0 Å². The molecular weight excluding hydrogens is 259 g/mol. The Morgan fingerprint density at radius 3 is 3.27 bits per heavy atom. The third-order valence-electron chi connectivity index (χ3n) is 1.53. The number of nitrogens with two attached hydrogens (primary N) is 1. The summed E-state index contributed by atoms with van der Waals surface area (Å²) >= 11 is 2.13. The molecule has 0 saturated carbocycles. The number of hydrogen-bond acceptors (Lipinski definition) is 6. The fourth-order valence-electron chi connectivity index (χ4n) is 0.997. The third kappa shape index (κ3) is 1.08. The van der Waals surface area contributed by atoms with Crippen LogP contribution in [0.2, 0.25) is 0 Å². The average molecular weight is 266 g/mol. The molecule has 0 spiro atoms. The van der Waals surface area contributed by atoms with Gasteiger partial charge in [0.15, 0.2) is 6.04 Å². The molecule has 2 heterocycles. The Morgan fingerprint density at radius 1 is 1.73 bits per heavy atom. The molecule has 60 valence electrons. The number of hydrogen-bond donors (Lipinski definition) is 3. The summed E-state index contributed by atoms with van der Waals surface area (Å²) < 4.78 is 0.899. The fourth-order valence-corrected chi connectivity index (χ4v) is 1.70. The first-order valence-corrected chi connectivity index (χ1v) is 4.18. The molecule has 7 heteroatoms. The van der Waals surface area contributed by atoms with E-state index in [0.29, 0.717) is 12.5 Å². The van der Waals surface area contributed by atoms with Crippen molar-refractivity contribution in [2.45, 2.75) is 6.04 Å². The second kappa shape index (κ2) is 2.57. The molecular formula is C4H7IN6. The molecule has 0 aromatic heterocycles. The zero-order valence-corrected chi connectivity index (χ0v) is 7.74. The Kier molecular flexibility index (Phi) is 1.69. The average Bonchev–Trinajstić information content (AvgIpc) is 2.34. The molecule has 0 saturated heterocycles. The van der Waals surface area contributed by atoms with Crippen molar-refractivity contribution < 1.29 is 0 Å². The summed E-state index contributed by atoms with van der Waals surface area (Å²) in [5.41, 5.74) is 11.4. The zero-order chi connectivity index (χ0) is 7.84. The summed E-state index contributed by atoms with van der Waals surface area (Å²) in [5.74, 6) is 0.599. The Labute approximate surface area is 77.0 Å². The van der Waals surface area contributed by atoms with Crippen LogP contribution in [0.25, 0.3) is 0 Å². The van der Waals surface area contributed by atoms with Crippen LogP contribution in [0.4, 0.5) is 0 Å². The predicted octanol–water partition coefficient (Wildman–Crippen LogP) is -1.24. The largest absolute Gasteiger partial charge is 0.386 e. The summed E-state index contributed by atoms with van der Waals surface area (Å²) in [4.78, 5) is 4.04. The van der Waals surface area contributed by atoms with E-state index in [4.69, 9.17) is 5.73 Å². The summed E-state index contributed by atoms with van der Waals surface area (Å²) in [5, 5.41) is 5.73. The first-order valence-electron chi connectivity index (χ1n) is 3.10. The SMILES string of the molecule is NC1=NCNN2NN=C(I)C12. The number of hydrazine groups is 2. The van der Waals surface area contributed by atoms with Crippen LogP contribution in [-0.2, 0) is 0 Å². The Hall–Kier alpha value is -0.410. The van der Waals surface area contributed by atoms with Gasteiger partial charge in [-0.1, -0.05) is 0 Å². The van der Waals surface area contributed by atoms with E-state index in [0.717, 1.165) is 3.72 Å². The van der Waals surface area contributed by atoms with Gasteiger partial charge in [0.2, 0.25) is 0 Å². The highest BCUT2D eigenvalue weighted by molar-refractivity contribution is 14.1. The molecule has 2 rings (SSSR count). The van der Waals surface area contributed by atoms with Crippen LogP contribution in [0.3, 0.4) is 0 Å². The number of nitrogens with zero attached hydrogens (tertiary/aromatic N) is 3. The molecule has 0 amide bonds. The minimum absolute atomic E-state index is 0.0238. The lowest BCUT2D eigenvalue weighted by Gasteiger charge is -2.26. The highest BCUT2D eigenvalue weighted by Crippen LogP contribution is 2.11. The quantitative estimate of drug-likeness (QED) is 0.479. The van der Waals surface area contributed by atoms with Crippen LogP contribution < -0.4 is 16.7 Å². The number of fused-ring (bicyclic) bond motifs is 1. The molecule has 1 atom stereocenters. The van der Waals surface area contributed by atoms with E-state index >= 15 is 0 Å². The highest BCUT2D eigenvalue weighted by Gasteiger charge is 2.33. The summed E-state index contributed by atoms with van der Waals surface area (Å²) in [6, 6.07) is -0.0238. The predicted molar refractivity (Wildman–Crippen MR) is 49.8 cm³/mol. The highest BCUT2D eigenvalue weighted by atomic mass is 127. The summed E-state index contributed by atoms with van der Waals surface area (Å²) in [6.07, 6.45) is 0. The lowest BCUT2D eigenvalue weighted by molar-refractivity contribution is 0.130. The van der Waals surface area contributed by atoms with Gasteiger partial charge in [0, 0.05) is 0 Å². The molecule has 1 unspecified atom stereocenters. The van der Waals surface area contributed by atoms with Crippen molar-refractivity contribution in [3.05, 3.63) is 0 Å². The normalized spacial score (nSPS) is 30.5. The Balaban J connectivity index is 2.27. The number of aliphatic imine (C=N–C) groups is 1. The van der Waals surface area contributed by atoms with Crippen molar-refractivity contribution in [1.29, 1.82) is 0 Å². The smallest absolute Gasteiger partial charge is 0.153 e. The monoisotopic (exact) mass is 266 g/mol. The van der Waals surface area contributed by atoms with Crippen molar-refractivity contribution in [2.75, 3.05) is 6.67 Å². The molecule has 0 aliphatic carbocycles. The second-order valence-corrected chi connectivity index (χ2v) is 3.31. The zero-order valence-electron chi connectivity index (χ0n) is 5.58. The van der Waals surface area contributed by atoms with Gasteiger partial charge in [-0.3, -0.25) is 4.99 Å². The fraction of sp³-hybridized carbons (Fsp3) is 0.500. The molecule has 4 N–H and O–H groups in total. The number of amidine groups is 1. The molecule has 11 heavy (non-hydrogen) atoms. The Bertz CT molecular complexity index is 235. The first-order chi connectivity index (χ1) is 5.29. The van der Waals surface area contributed by atoms with E-state index in [-0.39, 0.29) is 6.04 Å². The van der Waals surface area contributed by atoms with Gasteiger partial charge in [-0.15, -0.1) is 5.12 Å². The number of rotatable bonds is 0. The van der Waals surface area contributed by atoms with Gasteiger partial charge in [-0.25, -0.2) is 11.0 Å². The van der Waals surface area contributed by atoms with Gasteiger partial charge in [-0.2, -0.15) is 5.10 Å². The standard InChI is InChI=1S/C4H7IN6/c5-3-2-4(6)7-1-8-11(2)10-9-3/h2,8,10H,1H2,(H2,6,7). The van der Waals surface area contributed by atoms with Crippen molar-refractivity contribution in [3.8, 4) is 0 Å². The number of nitrogens with one attached hydrogen (secondary N) is 2. The molecule has 0 aromatic rings. The maximum absolute atomic E-state index is 5.65. The molecule has 2 aliphatic heterocycles. The molecule has 0 bridgehead atoms. The van der Waals surface area contributed by atoms with Crippen LogP contribution in [0, 0.1) is 0 Å². The van der Waals surface area contributed by atoms with E-state index < -0.39 is 0 Å². The van der Waals surface area contributed by atoms with Crippen LogP contribution >= 0.6 is 22.6 Å². The Morgan fingerprint density at radius 2 is 2.55 bits per heavy atom. The van der Waals surface area contributed by atoms with Crippen molar-refractivity contribution in [3.63, 3.8) is 0 Å². The first kappa shape index (κ1) is 7.25. The second-order valence-electron chi connectivity index (χ2n) is 2.21. The maximum atomic E-state index is 5.65. The van der Waals surface area contributed by atoms with Gasteiger partial charge >= 0.3 is 0 Å². The van der Waals surface area contributed by atoms with Gasteiger partial charge in [-0.05, 0) is 22.6 Å². The third-order valence-corrected chi connectivity index (χ3v) is 2.36.